The van der Waals surface area contributed by atoms with Gasteiger partial charge < -0.3 is 10.2 Å². The molecule has 0 spiro atoms. The van der Waals surface area contributed by atoms with Gasteiger partial charge in [-0.3, -0.25) is 0 Å². The minimum Gasteiger partial charge on any atom is -0.423 e. The highest BCUT2D eigenvalue weighted by Gasteiger charge is 2.13. The van der Waals surface area contributed by atoms with Gasteiger partial charge in [-0.05, 0) is 36.5 Å². The molecule has 2 aromatic rings. The Labute approximate surface area is 100 Å². The van der Waals surface area contributed by atoms with Gasteiger partial charge in [-0.25, -0.2) is 4.79 Å². The number of benzene rings is 1. The van der Waals surface area contributed by atoms with Gasteiger partial charge in [0.1, 0.15) is 5.58 Å². The van der Waals surface area contributed by atoms with Gasteiger partial charge in [0.2, 0.25) is 0 Å². The third-order valence-corrected chi connectivity index (χ3v) is 3.23. The summed E-state index contributed by atoms with van der Waals surface area (Å²) in [6, 6.07) is 7.09. The Morgan fingerprint density at radius 3 is 2.59 bits per heavy atom. The molecule has 17 heavy (non-hydrogen) atoms. The summed E-state index contributed by atoms with van der Waals surface area (Å²) in [5.74, 6) is 0.394. The number of fused-ring (bicyclic) bond motifs is 1. The summed E-state index contributed by atoms with van der Waals surface area (Å²) in [7, 11) is 0. The molecule has 2 rings (SSSR count). The topological polar surface area (TPSA) is 56.2 Å². The molecule has 0 aliphatic rings. The van der Waals surface area contributed by atoms with Crippen LogP contribution in [0.25, 0.3) is 11.0 Å². The molecular formula is C14H17NO2. The molecule has 0 radical (unpaired) electrons. The first-order chi connectivity index (χ1) is 8.15. The summed E-state index contributed by atoms with van der Waals surface area (Å²) in [5, 5.41) is 0.993. The van der Waals surface area contributed by atoms with Gasteiger partial charge in [-0.15, -0.1) is 0 Å². The standard InChI is InChI=1S/C14H17NO2/c1-3-9(4-2)12-8-14(16)17-13-7-10(15)5-6-11(12)13/h5-9H,3-4,15H2,1-2H3. The molecule has 3 nitrogen and oxygen atoms in total. The molecule has 1 heterocycles. The lowest BCUT2D eigenvalue weighted by atomic mass is 9.92. The minimum atomic E-state index is -0.301. The van der Waals surface area contributed by atoms with Crippen LogP contribution >= 0.6 is 0 Å². The molecule has 1 aromatic heterocycles. The van der Waals surface area contributed by atoms with E-state index < -0.39 is 0 Å². The van der Waals surface area contributed by atoms with Crippen LogP contribution in [-0.2, 0) is 0 Å². The van der Waals surface area contributed by atoms with Crippen molar-refractivity contribution in [1.82, 2.24) is 0 Å². The van der Waals surface area contributed by atoms with Crippen molar-refractivity contribution in [3.8, 4) is 0 Å². The highest BCUT2D eigenvalue weighted by atomic mass is 16.4. The largest absolute Gasteiger partial charge is 0.423 e. The van der Waals surface area contributed by atoms with Crippen molar-refractivity contribution in [3.05, 3.63) is 40.2 Å². The number of nitrogen functional groups attached to an aromatic ring is 1. The lowest BCUT2D eigenvalue weighted by Gasteiger charge is -2.14. The Hall–Kier alpha value is -1.77. The number of hydrogen-bond acceptors (Lipinski definition) is 3. The van der Waals surface area contributed by atoms with E-state index in [0.29, 0.717) is 17.2 Å². The summed E-state index contributed by atoms with van der Waals surface area (Å²) < 4.78 is 5.19. The number of hydrogen-bond donors (Lipinski definition) is 1. The molecule has 0 fully saturated rings. The summed E-state index contributed by atoms with van der Waals surface area (Å²) in [4.78, 5) is 11.5. The third kappa shape index (κ3) is 2.18. The Kier molecular flexibility index (Phi) is 3.18. The molecule has 0 saturated heterocycles. The van der Waals surface area contributed by atoms with E-state index in [2.05, 4.69) is 13.8 Å². The molecular weight excluding hydrogens is 214 g/mol. The molecule has 0 bridgehead atoms. The Balaban J connectivity index is 2.73. The lowest BCUT2D eigenvalue weighted by molar-refractivity contribution is 0.552. The Morgan fingerprint density at radius 1 is 1.24 bits per heavy atom. The molecule has 2 N–H and O–H groups in total. The van der Waals surface area contributed by atoms with Crippen molar-refractivity contribution in [2.75, 3.05) is 5.73 Å². The zero-order valence-electron chi connectivity index (χ0n) is 10.2. The average Bonchev–Trinajstić information content (AvgIpc) is 2.29. The molecule has 0 amide bonds. The van der Waals surface area contributed by atoms with Crippen molar-refractivity contribution in [3.63, 3.8) is 0 Å². The molecule has 0 unspecified atom stereocenters. The maximum atomic E-state index is 11.5. The third-order valence-electron chi connectivity index (χ3n) is 3.23. The van der Waals surface area contributed by atoms with Crippen LogP contribution in [0.5, 0.6) is 0 Å². The second-order valence-corrected chi connectivity index (χ2v) is 4.29. The van der Waals surface area contributed by atoms with Gasteiger partial charge >= 0.3 is 5.63 Å². The van der Waals surface area contributed by atoms with Crippen LogP contribution < -0.4 is 11.4 Å². The van der Waals surface area contributed by atoms with E-state index >= 15 is 0 Å². The molecule has 3 heteroatoms. The molecule has 90 valence electrons. The quantitative estimate of drug-likeness (QED) is 0.651. The maximum absolute atomic E-state index is 11.5. The van der Waals surface area contributed by atoms with E-state index in [0.717, 1.165) is 23.8 Å². The van der Waals surface area contributed by atoms with Crippen LogP contribution in [-0.4, -0.2) is 0 Å². The fourth-order valence-corrected chi connectivity index (χ4v) is 2.27. The zero-order chi connectivity index (χ0) is 12.4. The van der Waals surface area contributed by atoms with Crippen molar-refractivity contribution in [1.29, 1.82) is 0 Å². The van der Waals surface area contributed by atoms with E-state index in [4.69, 9.17) is 10.2 Å². The number of nitrogens with two attached hydrogens (primary N) is 1. The zero-order valence-corrected chi connectivity index (χ0v) is 10.2. The van der Waals surface area contributed by atoms with Crippen molar-refractivity contribution >= 4 is 16.7 Å². The van der Waals surface area contributed by atoms with Crippen molar-refractivity contribution in [2.24, 2.45) is 0 Å². The first kappa shape index (κ1) is 11.7. The Bertz CT molecular complexity index is 582. The summed E-state index contributed by atoms with van der Waals surface area (Å²) in [6.45, 7) is 4.26. The van der Waals surface area contributed by atoms with E-state index in [1.807, 2.05) is 12.1 Å². The van der Waals surface area contributed by atoms with Gasteiger partial charge in [-0.2, -0.15) is 0 Å². The maximum Gasteiger partial charge on any atom is 0.336 e. The molecule has 0 atom stereocenters. The predicted molar refractivity (Wildman–Crippen MR) is 70.2 cm³/mol. The first-order valence-electron chi connectivity index (χ1n) is 5.99. The average molecular weight is 231 g/mol. The monoisotopic (exact) mass is 231 g/mol. The second-order valence-electron chi connectivity index (χ2n) is 4.29. The van der Waals surface area contributed by atoms with E-state index in [9.17, 15) is 4.79 Å². The SMILES string of the molecule is CCC(CC)c1cc(=O)oc2cc(N)ccc12. The Morgan fingerprint density at radius 2 is 1.94 bits per heavy atom. The molecule has 0 aliphatic carbocycles. The molecule has 1 aromatic carbocycles. The fraction of sp³-hybridized carbons (Fsp3) is 0.357. The number of rotatable bonds is 3. The van der Waals surface area contributed by atoms with Crippen molar-refractivity contribution in [2.45, 2.75) is 32.6 Å². The van der Waals surface area contributed by atoms with Gasteiger partial charge in [0.15, 0.2) is 0 Å². The summed E-state index contributed by atoms with van der Waals surface area (Å²) in [5.41, 5.74) is 7.67. The van der Waals surface area contributed by atoms with E-state index in [1.54, 1.807) is 12.1 Å². The van der Waals surface area contributed by atoms with Crippen LogP contribution in [0.3, 0.4) is 0 Å². The molecule has 0 saturated carbocycles. The van der Waals surface area contributed by atoms with Gasteiger partial charge in [0, 0.05) is 23.2 Å². The molecule has 0 aliphatic heterocycles. The van der Waals surface area contributed by atoms with Crippen LogP contribution in [0.1, 0.15) is 38.2 Å². The van der Waals surface area contributed by atoms with Crippen LogP contribution in [0.2, 0.25) is 0 Å². The fourth-order valence-electron chi connectivity index (χ4n) is 2.27. The van der Waals surface area contributed by atoms with E-state index in [1.165, 1.54) is 0 Å². The van der Waals surface area contributed by atoms with Gasteiger partial charge in [-0.1, -0.05) is 13.8 Å². The van der Waals surface area contributed by atoms with Gasteiger partial charge in [0.05, 0.1) is 0 Å². The smallest absolute Gasteiger partial charge is 0.336 e. The van der Waals surface area contributed by atoms with Crippen LogP contribution in [0.15, 0.2) is 33.5 Å². The minimum absolute atomic E-state index is 0.301. The second kappa shape index (κ2) is 4.62. The number of anilines is 1. The van der Waals surface area contributed by atoms with Gasteiger partial charge in [0.25, 0.3) is 0 Å². The van der Waals surface area contributed by atoms with Crippen LogP contribution in [0.4, 0.5) is 5.69 Å². The summed E-state index contributed by atoms with van der Waals surface area (Å²) in [6.07, 6.45) is 2.03. The van der Waals surface area contributed by atoms with Crippen LogP contribution in [0, 0.1) is 0 Å². The lowest BCUT2D eigenvalue weighted by Crippen LogP contribution is -2.05. The predicted octanol–water partition coefficient (Wildman–Crippen LogP) is 3.28. The normalized spacial score (nSPS) is 11.2. The first-order valence-corrected chi connectivity index (χ1v) is 5.99. The van der Waals surface area contributed by atoms with E-state index in [-0.39, 0.29) is 5.63 Å². The van der Waals surface area contributed by atoms with Crippen molar-refractivity contribution < 1.29 is 4.42 Å². The summed E-state index contributed by atoms with van der Waals surface area (Å²) >= 11 is 0. The highest BCUT2D eigenvalue weighted by molar-refractivity contribution is 5.83. The highest BCUT2D eigenvalue weighted by Crippen LogP contribution is 2.29.